The summed E-state index contributed by atoms with van der Waals surface area (Å²) < 4.78 is 0. The van der Waals surface area contributed by atoms with Crippen LogP contribution in [0.5, 0.6) is 0 Å². The van der Waals surface area contributed by atoms with Crippen LogP contribution < -0.4 is 5.32 Å². The molecule has 0 saturated heterocycles. The second-order valence-corrected chi connectivity index (χ2v) is 6.83. The fourth-order valence-electron chi connectivity index (χ4n) is 2.21. The number of fused-ring (bicyclic) bond motifs is 1. The highest BCUT2D eigenvalue weighted by atomic mass is 35.5. The van der Waals surface area contributed by atoms with Crippen molar-refractivity contribution in [2.45, 2.75) is 17.4 Å². The van der Waals surface area contributed by atoms with Crippen molar-refractivity contribution in [2.24, 2.45) is 4.99 Å². The fraction of sp³-hybridized carbons (Fsp3) is 0.214. The molecule has 8 heteroatoms. The average molecular weight is 356 g/mol. The standard InChI is InChI=1S/C14H11Cl2N3O2S/c1-8-2-4-9(5-3-8)10(20)18-14(11(15)16)12(21)17-13-19(14)6-7-22-13/h2-7,11H,1H3,(H,18,20). The number of thioether (sulfide) groups is 1. The molecule has 1 atom stereocenters. The van der Waals surface area contributed by atoms with Crippen molar-refractivity contribution in [3.63, 3.8) is 0 Å². The van der Waals surface area contributed by atoms with Gasteiger partial charge in [0.05, 0.1) is 0 Å². The number of hydrogen-bond acceptors (Lipinski definition) is 4. The maximum atomic E-state index is 12.5. The molecule has 0 spiro atoms. The van der Waals surface area contributed by atoms with E-state index in [2.05, 4.69) is 10.3 Å². The molecule has 2 amide bonds. The molecule has 0 saturated carbocycles. The van der Waals surface area contributed by atoms with Crippen LogP contribution in [0.4, 0.5) is 0 Å². The number of carbonyl (C=O) groups is 2. The number of halogens is 2. The van der Waals surface area contributed by atoms with E-state index in [0.717, 1.165) is 5.56 Å². The van der Waals surface area contributed by atoms with Crippen molar-refractivity contribution in [1.29, 1.82) is 0 Å². The van der Waals surface area contributed by atoms with Gasteiger partial charge in [0, 0.05) is 11.8 Å². The highest BCUT2D eigenvalue weighted by molar-refractivity contribution is 8.16. The number of amides is 2. The zero-order chi connectivity index (χ0) is 15.9. The van der Waals surface area contributed by atoms with Crippen molar-refractivity contribution in [3.05, 3.63) is 47.0 Å². The molecule has 114 valence electrons. The third-order valence-electron chi connectivity index (χ3n) is 3.43. The Morgan fingerprint density at radius 2 is 2.05 bits per heavy atom. The van der Waals surface area contributed by atoms with E-state index < -0.39 is 22.3 Å². The number of alkyl halides is 2. The molecule has 1 aromatic carbocycles. The molecular formula is C14H11Cl2N3O2S. The molecule has 1 unspecified atom stereocenters. The molecule has 0 aromatic heterocycles. The number of rotatable bonds is 3. The summed E-state index contributed by atoms with van der Waals surface area (Å²) >= 11 is 13.3. The van der Waals surface area contributed by atoms with Gasteiger partial charge in [-0.1, -0.05) is 52.7 Å². The van der Waals surface area contributed by atoms with Crippen molar-refractivity contribution >= 4 is 51.9 Å². The predicted octanol–water partition coefficient (Wildman–Crippen LogP) is 2.64. The van der Waals surface area contributed by atoms with Gasteiger partial charge in [-0.25, -0.2) is 0 Å². The van der Waals surface area contributed by atoms with Gasteiger partial charge in [0.25, 0.3) is 11.8 Å². The molecular weight excluding hydrogens is 345 g/mol. The number of aliphatic imine (C=N–C) groups is 1. The second kappa shape index (κ2) is 5.61. The van der Waals surface area contributed by atoms with E-state index in [1.807, 2.05) is 19.1 Å². The van der Waals surface area contributed by atoms with Crippen LogP contribution in [0.2, 0.25) is 0 Å². The Morgan fingerprint density at radius 3 is 2.68 bits per heavy atom. The number of aryl methyl sites for hydroxylation is 1. The summed E-state index contributed by atoms with van der Waals surface area (Å²) in [6.45, 7) is 1.92. The first-order valence-corrected chi connectivity index (χ1v) is 8.13. The van der Waals surface area contributed by atoms with Crippen LogP contribution in [0.3, 0.4) is 0 Å². The topological polar surface area (TPSA) is 61.8 Å². The minimum Gasteiger partial charge on any atom is -0.319 e. The van der Waals surface area contributed by atoms with Gasteiger partial charge in [0.1, 0.15) is 0 Å². The third-order valence-corrected chi connectivity index (χ3v) is 4.81. The summed E-state index contributed by atoms with van der Waals surface area (Å²) in [6.07, 6.45) is 1.63. The molecule has 1 N–H and O–H groups in total. The van der Waals surface area contributed by atoms with Gasteiger partial charge in [0.2, 0.25) is 5.66 Å². The molecule has 0 radical (unpaired) electrons. The molecule has 1 aromatic rings. The summed E-state index contributed by atoms with van der Waals surface area (Å²) in [6, 6.07) is 6.96. The summed E-state index contributed by atoms with van der Waals surface area (Å²) in [5, 5.41) is 4.83. The Balaban J connectivity index is 1.93. The average Bonchev–Trinajstić information content (AvgIpc) is 3.01. The smallest absolute Gasteiger partial charge is 0.298 e. The van der Waals surface area contributed by atoms with Gasteiger partial charge < -0.3 is 5.32 Å². The van der Waals surface area contributed by atoms with E-state index in [-0.39, 0.29) is 0 Å². The highest BCUT2D eigenvalue weighted by Gasteiger charge is 2.57. The van der Waals surface area contributed by atoms with E-state index in [1.54, 1.807) is 23.7 Å². The van der Waals surface area contributed by atoms with Crippen molar-refractivity contribution in [2.75, 3.05) is 0 Å². The molecule has 2 heterocycles. The van der Waals surface area contributed by atoms with Gasteiger partial charge in [-0.05, 0) is 24.5 Å². The van der Waals surface area contributed by atoms with Crippen LogP contribution in [0.1, 0.15) is 15.9 Å². The summed E-state index contributed by atoms with van der Waals surface area (Å²) in [5.41, 5.74) is -0.170. The molecule has 22 heavy (non-hydrogen) atoms. The fourth-order valence-corrected chi connectivity index (χ4v) is 3.48. The molecule has 2 aliphatic heterocycles. The number of amidine groups is 1. The molecule has 0 fully saturated rings. The Morgan fingerprint density at radius 1 is 1.36 bits per heavy atom. The number of nitrogens with one attached hydrogen (secondary N) is 1. The van der Waals surface area contributed by atoms with Crippen LogP contribution in [0, 0.1) is 6.92 Å². The number of carbonyl (C=O) groups excluding carboxylic acids is 2. The van der Waals surface area contributed by atoms with E-state index in [9.17, 15) is 9.59 Å². The van der Waals surface area contributed by atoms with Crippen LogP contribution in [0.25, 0.3) is 0 Å². The largest absolute Gasteiger partial charge is 0.319 e. The first-order valence-electron chi connectivity index (χ1n) is 6.38. The summed E-state index contributed by atoms with van der Waals surface area (Å²) in [4.78, 5) is 29.0. The number of benzene rings is 1. The van der Waals surface area contributed by atoms with E-state index in [1.165, 1.54) is 16.7 Å². The van der Waals surface area contributed by atoms with Crippen LogP contribution >= 0.6 is 35.0 Å². The zero-order valence-electron chi connectivity index (χ0n) is 11.4. The summed E-state index contributed by atoms with van der Waals surface area (Å²) in [7, 11) is 0. The minimum absolute atomic E-state index is 0.413. The highest BCUT2D eigenvalue weighted by Crippen LogP contribution is 2.38. The molecule has 0 bridgehead atoms. The lowest BCUT2D eigenvalue weighted by molar-refractivity contribution is -0.125. The zero-order valence-corrected chi connectivity index (χ0v) is 13.7. The quantitative estimate of drug-likeness (QED) is 0.846. The maximum absolute atomic E-state index is 12.5. The predicted molar refractivity (Wildman–Crippen MR) is 87.9 cm³/mol. The molecule has 5 nitrogen and oxygen atoms in total. The van der Waals surface area contributed by atoms with Gasteiger partial charge in [-0.2, -0.15) is 4.99 Å². The maximum Gasteiger partial charge on any atom is 0.298 e. The normalized spacial score (nSPS) is 23.0. The van der Waals surface area contributed by atoms with Crippen LogP contribution in [-0.2, 0) is 4.79 Å². The van der Waals surface area contributed by atoms with E-state index in [4.69, 9.17) is 23.2 Å². The lowest BCUT2D eigenvalue weighted by Gasteiger charge is -2.35. The van der Waals surface area contributed by atoms with Crippen molar-refractivity contribution in [3.8, 4) is 0 Å². The third kappa shape index (κ3) is 2.31. The van der Waals surface area contributed by atoms with Crippen molar-refractivity contribution in [1.82, 2.24) is 10.2 Å². The Kier molecular flexibility index (Phi) is 3.92. The first-order chi connectivity index (χ1) is 10.4. The van der Waals surface area contributed by atoms with E-state index >= 15 is 0 Å². The first kappa shape index (κ1) is 15.4. The van der Waals surface area contributed by atoms with Gasteiger partial charge in [-0.3, -0.25) is 14.5 Å². The lowest BCUT2D eigenvalue weighted by atomic mass is 10.1. The Bertz CT molecular complexity index is 703. The summed E-state index contributed by atoms with van der Waals surface area (Å²) in [5.74, 6) is -1.03. The van der Waals surface area contributed by atoms with Crippen molar-refractivity contribution < 1.29 is 9.59 Å². The lowest BCUT2D eigenvalue weighted by Crippen LogP contribution is -2.64. The molecule has 3 rings (SSSR count). The van der Waals surface area contributed by atoms with Crippen LogP contribution in [0.15, 0.2) is 40.9 Å². The molecule has 2 aliphatic rings. The Hall–Kier alpha value is -1.50. The Labute approximate surface area is 141 Å². The number of nitrogens with zero attached hydrogens (tertiary/aromatic N) is 2. The second-order valence-electron chi connectivity index (χ2n) is 4.86. The molecule has 0 aliphatic carbocycles. The monoisotopic (exact) mass is 355 g/mol. The van der Waals surface area contributed by atoms with Gasteiger partial charge in [-0.15, -0.1) is 0 Å². The van der Waals surface area contributed by atoms with E-state index in [0.29, 0.717) is 10.7 Å². The SMILES string of the molecule is Cc1ccc(C(=O)NC2(C(Cl)Cl)C(=O)N=C3SC=CN32)cc1. The number of hydrogen-bond donors (Lipinski definition) is 1. The minimum atomic E-state index is -1.61. The van der Waals surface area contributed by atoms with Crippen LogP contribution in [-0.4, -0.2) is 32.4 Å². The van der Waals surface area contributed by atoms with Gasteiger partial charge in [0.15, 0.2) is 10.0 Å². The van der Waals surface area contributed by atoms with Gasteiger partial charge >= 0.3 is 0 Å².